The molecule has 0 radical (unpaired) electrons. The van der Waals surface area contributed by atoms with Crippen LogP contribution in [0.15, 0.2) is 23.3 Å². The van der Waals surface area contributed by atoms with E-state index in [9.17, 15) is 9.59 Å². The smallest absolute Gasteiger partial charge is 0.336 e. The van der Waals surface area contributed by atoms with Crippen LogP contribution >= 0.6 is 0 Å². The third-order valence-electron chi connectivity index (χ3n) is 1.66. The fourth-order valence-corrected chi connectivity index (χ4v) is 1.04. The molecule has 1 rings (SSSR count). The maximum absolute atomic E-state index is 10.9. The Hall–Kier alpha value is -2.53. The molecule has 1 aromatic carbocycles. The molecule has 7 nitrogen and oxygen atoms in total. The Balaban J connectivity index is 3.39. The van der Waals surface area contributed by atoms with E-state index in [1.807, 2.05) is 0 Å². The second-order valence-electron chi connectivity index (χ2n) is 2.59. The number of amides is 1. The number of carbonyl (C=O) groups is 2. The van der Waals surface area contributed by atoms with Crippen molar-refractivity contribution < 1.29 is 14.7 Å². The van der Waals surface area contributed by atoms with E-state index in [0.717, 1.165) is 6.07 Å². The molecule has 0 saturated carbocycles. The summed E-state index contributed by atoms with van der Waals surface area (Å²) in [5.74, 6) is -2.15. The van der Waals surface area contributed by atoms with Crippen molar-refractivity contribution in [3.8, 4) is 0 Å². The third-order valence-corrected chi connectivity index (χ3v) is 1.66. The highest BCUT2D eigenvalue weighted by Gasteiger charge is 2.14. The molecular weight excluding hydrogens is 200 g/mol. The van der Waals surface area contributed by atoms with Gasteiger partial charge >= 0.3 is 5.97 Å². The highest BCUT2D eigenvalue weighted by Crippen LogP contribution is 2.18. The second kappa shape index (κ2) is 4.12. The van der Waals surface area contributed by atoms with E-state index in [1.165, 1.54) is 12.1 Å². The number of benzene rings is 1. The fourth-order valence-electron chi connectivity index (χ4n) is 1.04. The van der Waals surface area contributed by atoms with Crippen molar-refractivity contribution in [1.29, 1.82) is 0 Å². The number of carbonyl (C=O) groups excluding carboxylic acids is 1. The van der Waals surface area contributed by atoms with Gasteiger partial charge in [-0.1, -0.05) is 11.2 Å². The molecule has 0 heterocycles. The minimum absolute atomic E-state index is 0.111. The minimum Gasteiger partial charge on any atom is -0.478 e. The predicted octanol–water partition coefficient (Wildman–Crippen LogP) is 1.43. The zero-order valence-corrected chi connectivity index (χ0v) is 7.41. The molecule has 1 amide bonds. The topological polar surface area (TPSA) is 129 Å². The molecular formula is C8H6N4O3. The lowest BCUT2D eigenvalue weighted by Gasteiger charge is -2.02. The van der Waals surface area contributed by atoms with E-state index in [-0.39, 0.29) is 16.8 Å². The maximum atomic E-state index is 10.9. The first kappa shape index (κ1) is 10.6. The molecule has 7 heteroatoms. The zero-order chi connectivity index (χ0) is 11.4. The van der Waals surface area contributed by atoms with Crippen molar-refractivity contribution in [2.45, 2.75) is 0 Å². The number of hydrogen-bond donors (Lipinski definition) is 2. The van der Waals surface area contributed by atoms with Crippen molar-refractivity contribution in [2.24, 2.45) is 10.8 Å². The zero-order valence-electron chi connectivity index (χ0n) is 7.41. The lowest BCUT2D eigenvalue weighted by Crippen LogP contribution is -2.15. The van der Waals surface area contributed by atoms with Gasteiger partial charge in [-0.15, -0.1) is 0 Å². The van der Waals surface area contributed by atoms with Crippen molar-refractivity contribution in [2.75, 3.05) is 0 Å². The number of hydrogen-bond acceptors (Lipinski definition) is 3. The Morgan fingerprint density at radius 3 is 2.53 bits per heavy atom. The van der Waals surface area contributed by atoms with E-state index < -0.39 is 11.9 Å². The van der Waals surface area contributed by atoms with Gasteiger partial charge in [0.2, 0.25) is 5.91 Å². The SMILES string of the molecule is [N-]=[N+]=Nc1ccc(C(N)=O)c(C(=O)O)c1. The number of azide groups is 1. The third kappa shape index (κ3) is 2.23. The molecule has 0 aliphatic heterocycles. The number of carboxylic acids is 1. The van der Waals surface area contributed by atoms with E-state index in [0.29, 0.717) is 0 Å². The van der Waals surface area contributed by atoms with Crippen LogP contribution in [0.1, 0.15) is 20.7 Å². The van der Waals surface area contributed by atoms with E-state index >= 15 is 0 Å². The molecule has 0 aromatic heterocycles. The molecule has 3 N–H and O–H groups in total. The highest BCUT2D eigenvalue weighted by atomic mass is 16.4. The summed E-state index contributed by atoms with van der Waals surface area (Å²) in [4.78, 5) is 24.1. The molecule has 0 unspecified atom stereocenters. The summed E-state index contributed by atoms with van der Waals surface area (Å²) in [5.41, 5.74) is 12.8. The van der Waals surface area contributed by atoms with Crippen LogP contribution in [-0.4, -0.2) is 17.0 Å². The average molecular weight is 206 g/mol. The lowest BCUT2D eigenvalue weighted by atomic mass is 10.1. The predicted molar refractivity (Wildman–Crippen MR) is 50.7 cm³/mol. The summed E-state index contributed by atoms with van der Waals surface area (Å²) in [6.07, 6.45) is 0. The van der Waals surface area contributed by atoms with Gasteiger partial charge < -0.3 is 10.8 Å². The Kier molecular flexibility index (Phi) is 2.90. The monoisotopic (exact) mass is 206 g/mol. The van der Waals surface area contributed by atoms with Crippen LogP contribution in [0.4, 0.5) is 5.69 Å². The second-order valence-corrected chi connectivity index (χ2v) is 2.59. The number of carboxylic acid groups (broad SMARTS) is 1. The molecule has 0 spiro atoms. The number of primary amides is 1. The van der Waals surface area contributed by atoms with Crippen LogP contribution in [0.3, 0.4) is 0 Å². The standard InChI is InChI=1S/C8H6N4O3/c9-7(13)5-2-1-4(11-12-10)3-6(5)8(14)15/h1-3H,(H2,9,13)(H,14,15). The van der Waals surface area contributed by atoms with Gasteiger partial charge in [0, 0.05) is 10.6 Å². The van der Waals surface area contributed by atoms with Crippen molar-refractivity contribution in [3.05, 3.63) is 39.8 Å². The average Bonchev–Trinajstić information content (AvgIpc) is 2.17. The van der Waals surface area contributed by atoms with Crippen LogP contribution in [0.5, 0.6) is 0 Å². The number of nitrogens with zero attached hydrogens (tertiary/aromatic N) is 3. The summed E-state index contributed by atoms with van der Waals surface area (Å²) in [7, 11) is 0. The number of nitrogens with two attached hydrogens (primary N) is 1. The van der Waals surface area contributed by atoms with Gasteiger partial charge in [0.15, 0.2) is 0 Å². The quantitative estimate of drug-likeness (QED) is 0.440. The first-order chi connectivity index (χ1) is 7.06. The first-order valence-corrected chi connectivity index (χ1v) is 3.78. The van der Waals surface area contributed by atoms with Crippen molar-refractivity contribution in [1.82, 2.24) is 0 Å². The van der Waals surface area contributed by atoms with E-state index in [1.54, 1.807) is 0 Å². The largest absolute Gasteiger partial charge is 0.478 e. The molecule has 0 saturated heterocycles. The molecule has 0 bridgehead atoms. The summed E-state index contributed by atoms with van der Waals surface area (Å²) in [6, 6.07) is 3.60. The Bertz CT molecular complexity index is 477. The molecule has 0 fully saturated rings. The van der Waals surface area contributed by atoms with E-state index in [4.69, 9.17) is 16.4 Å². The summed E-state index contributed by atoms with van der Waals surface area (Å²) >= 11 is 0. The minimum atomic E-state index is -1.31. The Morgan fingerprint density at radius 1 is 1.40 bits per heavy atom. The van der Waals surface area contributed by atoms with Crippen molar-refractivity contribution >= 4 is 17.6 Å². The normalized spacial score (nSPS) is 9.07. The van der Waals surface area contributed by atoms with E-state index in [2.05, 4.69) is 10.0 Å². The lowest BCUT2D eigenvalue weighted by molar-refractivity contribution is 0.0692. The van der Waals surface area contributed by atoms with Gasteiger partial charge in [-0.2, -0.15) is 0 Å². The van der Waals surface area contributed by atoms with Gasteiger partial charge in [0.1, 0.15) is 0 Å². The molecule has 0 aliphatic carbocycles. The highest BCUT2D eigenvalue weighted by molar-refractivity contribution is 6.04. The molecule has 1 aromatic rings. The molecule has 0 atom stereocenters. The van der Waals surface area contributed by atoms with Crippen LogP contribution < -0.4 is 5.73 Å². The van der Waals surface area contributed by atoms with Gasteiger partial charge in [-0.3, -0.25) is 4.79 Å². The van der Waals surface area contributed by atoms with Gasteiger partial charge in [-0.05, 0) is 17.7 Å². The van der Waals surface area contributed by atoms with Gasteiger partial charge in [-0.25, -0.2) is 4.79 Å². The van der Waals surface area contributed by atoms with Crippen LogP contribution in [0, 0.1) is 0 Å². The van der Waals surface area contributed by atoms with Crippen LogP contribution in [0.25, 0.3) is 10.4 Å². The summed E-state index contributed by atoms with van der Waals surface area (Å²) in [6.45, 7) is 0. The first-order valence-electron chi connectivity index (χ1n) is 3.78. The Labute approximate surface area is 83.8 Å². The maximum Gasteiger partial charge on any atom is 0.336 e. The summed E-state index contributed by atoms with van der Waals surface area (Å²) in [5, 5.41) is 12.0. The molecule has 0 aliphatic rings. The van der Waals surface area contributed by atoms with Gasteiger partial charge in [0.25, 0.3) is 0 Å². The van der Waals surface area contributed by atoms with Crippen molar-refractivity contribution in [3.63, 3.8) is 0 Å². The number of rotatable bonds is 3. The fraction of sp³-hybridized carbons (Fsp3) is 0. The Morgan fingerprint density at radius 2 is 2.07 bits per heavy atom. The number of aromatic carboxylic acids is 1. The van der Waals surface area contributed by atoms with Crippen LogP contribution in [-0.2, 0) is 0 Å². The van der Waals surface area contributed by atoms with Crippen LogP contribution in [0.2, 0.25) is 0 Å². The molecule has 15 heavy (non-hydrogen) atoms. The van der Waals surface area contributed by atoms with Gasteiger partial charge in [0.05, 0.1) is 11.1 Å². The summed E-state index contributed by atoms with van der Waals surface area (Å²) < 4.78 is 0. The molecule has 76 valence electrons.